The topological polar surface area (TPSA) is 104 Å². The molecule has 1 unspecified atom stereocenters. The van der Waals surface area contributed by atoms with E-state index in [9.17, 15) is 9.18 Å². The van der Waals surface area contributed by atoms with E-state index in [0.717, 1.165) is 12.8 Å². The number of nitriles is 1. The van der Waals surface area contributed by atoms with Crippen LogP contribution in [0.1, 0.15) is 29.5 Å². The van der Waals surface area contributed by atoms with Crippen LogP contribution in [0.25, 0.3) is 0 Å². The number of hydrogen-bond acceptors (Lipinski definition) is 4. The van der Waals surface area contributed by atoms with Gasteiger partial charge in [0.05, 0.1) is 18.3 Å². The van der Waals surface area contributed by atoms with E-state index in [4.69, 9.17) is 10.7 Å². The van der Waals surface area contributed by atoms with Gasteiger partial charge in [0.1, 0.15) is 5.82 Å². The molecule has 1 aliphatic rings. The highest BCUT2D eigenvalue weighted by Crippen LogP contribution is 2.18. The van der Waals surface area contributed by atoms with Crippen LogP contribution in [-0.4, -0.2) is 48.2 Å². The van der Waals surface area contributed by atoms with Gasteiger partial charge in [-0.3, -0.25) is 10.1 Å². The van der Waals surface area contributed by atoms with E-state index in [1.165, 1.54) is 35.4 Å². The van der Waals surface area contributed by atoms with E-state index in [0.29, 0.717) is 31.0 Å². The van der Waals surface area contributed by atoms with Crippen molar-refractivity contribution in [3.8, 4) is 6.19 Å². The summed E-state index contributed by atoms with van der Waals surface area (Å²) in [6.45, 7) is 3.28. The van der Waals surface area contributed by atoms with Crippen molar-refractivity contribution in [1.29, 1.82) is 10.7 Å². The number of benzene rings is 2. The molecule has 1 fully saturated rings. The van der Waals surface area contributed by atoms with Gasteiger partial charge in [-0.15, -0.1) is 0 Å². The fraction of sp³-hybridized carbons (Fsp3) is 0.333. The maximum atomic E-state index is 13.3. The lowest BCUT2D eigenvalue weighted by atomic mass is 10.0. The van der Waals surface area contributed by atoms with Crippen LogP contribution in [0.4, 0.5) is 4.39 Å². The molecule has 1 saturated heterocycles. The first-order valence-electron chi connectivity index (χ1n) is 10.6. The second-order valence-corrected chi connectivity index (χ2v) is 7.66. The summed E-state index contributed by atoms with van der Waals surface area (Å²) in [5.74, 6) is -0.115. The minimum atomic E-state index is -0.593. The highest BCUT2D eigenvalue weighted by molar-refractivity contribution is 6.04. The lowest BCUT2D eigenvalue weighted by Gasteiger charge is -2.27. The molecule has 0 aliphatic carbocycles. The molecule has 1 aliphatic heterocycles. The Bertz CT molecular complexity index is 1030. The van der Waals surface area contributed by atoms with Gasteiger partial charge < -0.3 is 15.6 Å². The molecule has 1 amide bonds. The van der Waals surface area contributed by atoms with Crippen LogP contribution >= 0.6 is 0 Å². The first kappa shape index (κ1) is 22.9. The van der Waals surface area contributed by atoms with E-state index >= 15 is 0 Å². The number of aliphatic imine (C=N–C) groups is 1. The van der Waals surface area contributed by atoms with Crippen LogP contribution in [0.15, 0.2) is 53.5 Å². The summed E-state index contributed by atoms with van der Waals surface area (Å²) in [4.78, 5) is 18.5. The maximum absolute atomic E-state index is 13.3. The third-order valence-electron chi connectivity index (χ3n) is 5.52. The van der Waals surface area contributed by atoms with Gasteiger partial charge in [0, 0.05) is 19.5 Å². The van der Waals surface area contributed by atoms with Gasteiger partial charge in [-0.1, -0.05) is 36.4 Å². The summed E-state index contributed by atoms with van der Waals surface area (Å²) in [7, 11) is 0. The molecule has 3 rings (SSSR count). The van der Waals surface area contributed by atoms with Crippen molar-refractivity contribution in [2.75, 3.05) is 19.6 Å². The summed E-state index contributed by atoms with van der Waals surface area (Å²) in [6, 6.07) is 13.2. The molecule has 0 bridgehead atoms. The summed E-state index contributed by atoms with van der Waals surface area (Å²) in [6.07, 6.45) is 3.81. The maximum Gasteiger partial charge on any atom is 0.223 e. The normalized spacial score (nSPS) is 14.7. The van der Waals surface area contributed by atoms with E-state index < -0.39 is 6.04 Å². The minimum Gasteiger partial charge on any atom is -0.355 e. The van der Waals surface area contributed by atoms with E-state index in [-0.39, 0.29) is 24.0 Å². The molecular formula is C24H27FN6O. The van der Waals surface area contributed by atoms with Crippen molar-refractivity contribution in [2.24, 2.45) is 4.99 Å². The van der Waals surface area contributed by atoms with E-state index in [1.807, 2.05) is 18.3 Å². The van der Waals surface area contributed by atoms with Crippen LogP contribution < -0.4 is 10.6 Å². The zero-order chi connectivity index (χ0) is 22.9. The average molecular weight is 435 g/mol. The van der Waals surface area contributed by atoms with Crippen molar-refractivity contribution >= 4 is 17.6 Å². The quantitative estimate of drug-likeness (QED) is 0.257. The molecule has 1 heterocycles. The molecule has 7 nitrogen and oxygen atoms in total. The predicted octanol–water partition coefficient (Wildman–Crippen LogP) is 2.75. The molecule has 2 aromatic carbocycles. The zero-order valence-electron chi connectivity index (χ0n) is 18.1. The fourth-order valence-electron chi connectivity index (χ4n) is 3.74. The summed E-state index contributed by atoms with van der Waals surface area (Å²) >= 11 is 0. The Hall–Kier alpha value is -3.73. The Morgan fingerprint density at radius 1 is 1.28 bits per heavy atom. The van der Waals surface area contributed by atoms with Gasteiger partial charge in [0.2, 0.25) is 11.9 Å². The van der Waals surface area contributed by atoms with Gasteiger partial charge in [0.25, 0.3) is 0 Å². The van der Waals surface area contributed by atoms with Gasteiger partial charge in [0.15, 0.2) is 6.19 Å². The summed E-state index contributed by atoms with van der Waals surface area (Å²) in [5, 5.41) is 23.4. The number of carbonyl (C=O) groups is 1. The first-order chi connectivity index (χ1) is 15.5. The molecular weight excluding hydrogens is 407 g/mol. The third kappa shape index (κ3) is 5.91. The van der Waals surface area contributed by atoms with Crippen LogP contribution in [0.2, 0.25) is 0 Å². The monoisotopic (exact) mass is 434 g/mol. The van der Waals surface area contributed by atoms with Gasteiger partial charge >= 0.3 is 0 Å². The van der Waals surface area contributed by atoms with Crippen molar-refractivity contribution in [3.05, 3.63) is 71.0 Å². The second kappa shape index (κ2) is 11.0. The Balaban J connectivity index is 1.72. The molecule has 8 heteroatoms. The Morgan fingerprint density at radius 2 is 2.03 bits per heavy atom. The third-order valence-corrected chi connectivity index (χ3v) is 5.52. The van der Waals surface area contributed by atoms with Crippen molar-refractivity contribution in [2.45, 2.75) is 32.2 Å². The SMILES string of the molecule is Cc1ccccc1CCNC(=NCC(C(=N)c1ccc(F)cc1)N1CCCC1=O)NC#N. The molecule has 3 N–H and O–H groups in total. The molecule has 32 heavy (non-hydrogen) atoms. The smallest absolute Gasteiger partial charge is 0.223 e. The predicted molar refractivity (Wildman–Crippen MR) is 122 cm³/mol. The Labute approximate surface area is 187 Å². The largest absolute Gasteiger partial charge is 0.355 e. The van der Waals surface area contributed by atoms with Crippen molar-refractivity contribution in [3.63, 3.8) is 0 Å². The number of hydrogen-bond donors (Lipinski definition) is 3. The average Bonchev–Trinajstić information content (AvgIpc) is 3.21. The number of guanidine groups is 1. The molecule has 0 radical (unpaired) electrons. The molecule has 2 aromatic rings. The highest BCUT2D eigenvalue weighted by atomic mass is 19.1. The van der Waals surface area contributed by atoms with Crippen LogP contribution in [-0.2, 0) is 11.2 Å². The summed E-state index contributed by atoms with van der Waals surface area (Å²) in [5.41, 5.74) is 3.13. The molecule has 166 valence electrons. The number of halogens is 1. The van der Waals surface area contributed by atoms with Crippen molar-refractivity contribution < 1.29 is 9.18 Å². The number of rotatable bonds is 8. The minimum absolute atomic E-state index is 0.0284. The molecule has 0 saturated carbocycles. The first-order valence-corrected chi connectivity index (χ1v) is 10.6. The lowest BCUT2D eigenvalue weighted by molar-refractivity contribution is -0.128. The number of amides is 1. The lowest BCUT2D eigenvalue weighted by Crippen LogP contribution is -2.45. The second-order valence-electron chi connectivity index (χ2n) is 7.66. The number of likely N-dealkylation sites (tertiary alicyclic amines) is 1. The molecule has 0 spiro atoms. The van der Waals surface area contributed by atoms with Crippen LogP contribution in [0.5, 0.6) is 0 Å². The standard InChI is InChI=1S/C24H27FN6O/c1-17-5-2-3-6-18(17)12-13-28-24(30-16-26)29-15-21(31-14-4-7-22(31)32)23(27)19-8-10-20(25)11-9-19/h2-3,5-6,8-11,21,27H,4,7,12-15H2,1H3,(H2,28,29,30). The van der Waals surface area contributed by atoms with Crippen LogP contribution in [0.3, 0.4) is 0 Å². The Kier molecular flexibility index (Phi) is 7.92. The van der Waals surface area contributed by atoms with E-state index in [1.54, 1.807) is 4.90 Å². The molecule has 0 aromatic heterocycles. The number of nitrogens with zero attached hydrogens (tertiary/aromatic N) is 3. The number of aryl methyl sites for hydroxylation is 1. The van der Waals surface area contributed by atoms with Crippen LogP contribution in [0, 0.1) is 29.6 Å². The van der Waals surface area contributed by atoms with Crippen molar-refractivity contribution in [1.82, 2.24) is 15.5 Å². The number of nitrogens with one attached hydrogen (secondary N) is 3. The summed E-state index contributed by atoms with van der Waals surface area (Å²) < 4.78 is 13.3. The highest BCUT2D eigenvalue weighted by Gasteiger charge is 2.31. The fourth-order valence-corrected chi connectivity index (χ4v) is 3.74. The van der Waals surface area contributed by atoms with Gasteiger partial charge in [-0.05, 0) is 48.6 Å². The molecule has 1 atom stereocenters. The van der Waals surface area contributed by atoms with E-state index in [2.05, 4.69) is 34.7 Å². The Morgan fingerprint density at radius 3 is 2.69 bits per heavy atom. The van der Waals surface area contributed by atoms with Gasteiger partial charge in [-0.2, -0.15) is 5.26 Å². The number of carbonyl (C=O) groups excluding carboxylic acids is 1. The zero-order valence-corrected chi connectivity index (χ0v) is 18.1. The van der Waals surface area contributed by atoms with Gasteiger partial charge in [-0.25, -0.2) is 9.38 Å².